The number of fused-ring (bicyclic) bond motifs is 13. The van der Waals surface area contributed by atoms with Crippen molar-refractivity contribution in [2.75, 3.05) is 9.80 Å². The lowest BCUT2D eigenvalue weighted by Gasteiger charge is -2.49. The topological polar surface area (TPSA) is 6.48 Å². The minimum absolute atomic E-state index is 0.0229. The summed E-state index contributed by atoms with van der Waals surface area (Å²) < 4.78 is 0. The van der Waals surface area contributed by atoms with E-state index >= 15 is 0 Å². The smallest absolute Gasteiger partial charge is 0.252 e. The van der Waals surface area contributed by atoms with Crippen molar-refractivity contribution in [3.8, 4) is 11.1 Å². The van der Waals surface area contributed by atoms with Gasteiger partial charge in [0.2, 0.25) is 0 Å². The summed E-state index contributed by atoms with van der Waals surface area (Å²) in [5.41, 5.74) is 30.5. The predicted octanol–water partition coefficient (Wildman–Crippen LogP) is 15.2. The predicted molar refractivity (Wildman–Crippen MR) is 290 cm³/mol. The average molecular weight is 887 g/mol. The second-order valence-corrected chi connectivity index (χ2v) is 25.3. The molecule has 0 amide bonds. The highest BCUT2D eigenvalue weighted by molar-refractivity contribution is 7.00. The molecule has 2 atom stereocenters. The fraction of sp³-hybridized carbons (Fsp3) is 0.354. The van der Waals surface area contributed by atoms with Gasteiger partial charge >= 0.3 is 0 Å². The third-order valence-electron chi connectivity index (χ3n) is 18.4. The van der Waals surface area contributed by atoms with Crippen molar-refractivity contribution in [2.24, 2.45) is 0 Å². The van der Waals surface area contributed by atoms with Crippen LogP contribution in [0.5, 0.6) is 0 Å². The molecule has 1 saturated carbocycles. The van der Waals surface area contributed by atoms with E-state index in [1.807, 2.05) is 0 Å². The van der Waals surface area contributed by atoms with Gasteiger partial charge in [-0.3, -0.25) is 0 Å². The Morgan fingerprint density at radius 1 is 0.485 bits per heavy atom. The molecule has 2 heterocycles. The van der Waals surface area contributed by atoms with Gasteiger partial charge in [-0.25, -0.2) is 0 Å². The van der Waals surface area contributed by atoms with E-state index in [9.17, 15) is 0 Å². The third kappa shape index (κ3) is 5.60. The van der Waals surface area contributed by atoms with Gasteiger partial charge in [0.25, 0.3) is 6.71 Å². The van der Waals surface area contributed by atoms with E-state index in [2.05, 4.69) is 221 Å². The quantitative estimate of drug-likeness (QED) is 0.160. The van der Waals surface area contributed by atoms with Gasteiger partial charge in [0.15, 0.2) is 0 Å². The Kier molecular flexibility index (Phi) is 8.40. The van der Waals surface area contributed by atoms with Crippen molar-refractivity contribution in [3.05, 3.63) is 183 Å². The van der Waals surface area contributed by atoms with Gasteiger partial charge < -0.3 is 9.80 Å². The molecule has 2 nitrogen and oxygen atoms in total. The molecule has 7 aromatic rings. The minimum Gasteiger partial charge on any atom is -0.311 e. The Hall–Kier alpha value is -5.80. The minimum atomic E-state index is -0.193. The first-order valence-electron chi connectivity index (χ1n) is 25.7. The highest BCUT2D eigenvalue weighted by Gasteiger charge is 2.51. The normalized spacial score (nSPS) is 20.9. The van der Waals surface area contributed by atoms with Crippen molar-refractivity contribution < 1.29 is 0 Å². The molecule has 13 rings (SSSR count). The van der Waals surface area contributed by atoms with Crippen LogP contribution in [0.4, 0.5) is 34.1 Å². The van der Waals surface area contributed by atoms with Gasteiger partial charge in [-0.1, -0.05) is 161 Å². The van der Waals surface area contributed by atoms with E-state index in [1.54, 1.807) is 0 Å². The summed E-state index contributed by atoms with van der Waals surface area (Å²) in [6, 6.07) is 49.0. The van der Waals surface area contributed by atoms with Crippen LogP contribution >= 0.6 is 0 Å². The van der Waals surface area contributed by atoms with Crippen molar-refractivity contribution >= 4 is 57.2 Å². The van der Waals surface area contributed by atoms with E-state index in [1.165, 1.54) is 142 Å². The zero-order valence-corrected chi connectivity index (χ0v) is 42.8. The Bertz CT molecular complexity index is 3370. The van der Waals surface area contributed by atoms with E-state index in [4.69, 9.17) is 0 Å². The molecule has 2 aliphatic heterocycles. The van der Waals surface area contributed by atoms with Crippen LogP contribution in [0, 0.1) is 13.8 Å². The number of hydrogen-bond acceptors (Lipinski definition) is 2. The maximum atomic E-state index is 2.75. The van der Waals surface area contributed by atoms with Crippen molar-refractivity contribution in [3.63, 3.8) is 0 Å². The molecule has 2 unspecified atom stereocenters. The first-order chi connectivity index (χ1) is 32.2. The summed E-state index contributed by atoms with van der Waals surface area (Å²) in [5.74, 6) is 1.21. The molecule has 7 aromatic carbocycles. The van der Waals surface area contributed by atoms with Crippen LogP contribution in [0.25, 0.3) is 11.1 Å². The van der Waals surface area contributed by atoms with Gasteiger partial charge in [-0.15, -0.1) is 0 Å². The van der Waals surface area contributed by atoms with E-state index < -0.39 is 0 Å². The summed E-state index contributed by atoms with van der Waals surface area (Å²) in [6.45, 7) is 31.7. The fourth-order valence-corrected chi connectivity index (χ4v) is 14.3. The number of nitrogens with zero attached hydrogens (tertiary/aromatic N) is 2. The number of rotatable bonds is 2. The summed E-state index contributed by atoms with van der Waals surface area (Å²) in [7, 11) is 0. The van der Waals surface area contributed by atoms with Gasteiger partial charge in [0.1, 0.15) is 0 Å². The van der Waals surface area contributed by atoms with Crippen LogP contribution in [0.15, 0.2) is 121 Å². The van der Waals surface area contributed by atoms with E-state index in [0.717, 1.165) is 0 Å². The van der Waals surface area contributed by atoms with Crippen LogP contribution in [0.1, 0.15) is 168 Å². The lowest BCUT2D eigenvalue weighted by molar-refractivity contribution is 0.332. The SMILES string of the molecule is Cc1cc2c3c(c1)N(c1cccc4c1-c1ccccc1C1CC41)c1ccc(C(C)(C)C)cc1B3c1cc3c(cc1N2c1cc2c(cc1C)C(C)(C)CCC2(C)C)C(C)(C)c1ccccc1C3(C)C. The highest BCUT2D eigenvalue weighted by Crippen LogP contribution is 2.64. The summed E-state index contributed by atoms with van der Waals surface area (Å²) in [6.07, 6.45) is 3.62. The Balaban J connectivity index is 1.16. The van der Waals surface area contributed by atoms with Crippen molar-refractivity contribution in [2.45, 2.75) is 148 Å². The summed E-state index contributed by atoms with van der Waals surface area (Å²) in [5, 5.41) is 0. The second-order valence-electron chi connectivity index (χ2n) is 25.3. The summed E-state index contributed by atoms with van der Waals surface area (Å²) >= 11 is 0. The number of benzene rings is 7. The maximum Gasteiger partial charge on any atom is 0.252 e. The maximum absolute atomic E-state index is 2.75. The van der Waals surface area contributed by atoms with Gasteiger partial charge in [-0.2, -0.15) is 0 Å². The van der Waals surface area contributed by atoms with Crippen LogP contribution in [-0.4, -0.2) is 6.71 Å². The standard InChI is InChI=1S/C65H67BN2/c1-37-29-57-60-58(30-37)68(55-35-48-47(31-38(55)2)62(6,7)27-28-63(48,8)9)56-36-50-49(64(10,11)45-22-16-17-23-46(45)65(50,12)13)34-52(56)66(60)51-32-39(61(3,4)5)25-26-53(51)67(57)54-24-18-21-42-44-33-43(44)40-19-14-15-20-41(40)59(42)54/h14-26,29-32,34-36,43-44H,27-28,33H2,1-13H3. The highest BCUT2D eigenvalue weighted by atomic mass is 15.2. The Morgan fingerprint density at radius 3 is 1.72 bits per heavy atom. The third-order valence-corrected chi connectivity index (χ3v) is 18.4. The molecule has 3 heteroatoms. The molecule has 340 valence electrons. The molecular formula is C65H67BN2. The lowest BCUT2D eigenvalue weighted by Crippen LogP contribution is -2.62. The molecule has 1 fully saturated rings. The fourth-order valence-electron chi connectivity index (χ4n) is 14.3. The Morgan fingerprint density at radius 2 is 1.04 bits per heavy atom. The van der Waals surface area contributed by atoms with Gasteiger partial charge in [0.05, 0.1) is 5.69 Å². The van der Waals surface area contributed by atoms with Gasteiger partial charge in [0, 0.05) is 44.8 Å². The number of hydrogen-bond donors (Lipinski definition) is 0. The first kappa shape index (κ1) is 42.3. The molecule has 0 saturated heterocycles. The monoisotopic (exact) mass is 887 g/mol. The zero-order chi connectivity index (χ0) is 47.4. The first-order valence-corrected chi connectivity index (χ1v) is 25.7. The average Bonchev–Trinajstić information content (AvgIpc) is 4.11. The molecule has 6 aliphatic rings. The molecule has 0 spiro atoms. The molecule has 4 aliphatic carbocycles. The second kappa shape index (κ2) is 13.5. The molecule has 0 aromatic heterocycles. The molecular weight excluding hydrogens is 820 g/mol. The number of aryl methyl sites for hydroxylation is 2. The van der Waals surface area contributed by atoms with Crippen LogP contribution in [-0.2, 0) is 27.1 Å². The largest absolute Gasteiger partial charge is 0.311 e. The van der Waals surface area contributed by atoms with Crippen LogP contribution in [0.3, 0.4) is 0 Å². The molecule has 0 bridgehead atoms. The molecule has 0 radical (unpaired) electrons. The number of anilines is 6. The van der Waals surface area contributed by atoms with E-state index in [-0.39, 0.29) is 33.8 Å². The molecule has 68 heavy (non-hydrogen) atoms. The molecule has 0 N–H and O–H groups in total. The van der Waals surface area contributed by atoms with Crippen molar-refractivity contribution in [1.82, 2.24) is 0 Å². The van der Waals surface area contributed by atoms with Crippen LogP contribution in [0.2, 0.25) is 0 Å². The van der Waals surface area contributed by atoms with E-state index in [0.29, 0.717) is 11.8 Å². The lowest BCUT2D eigenvalue weighted by atomic mass is 9.33. The van der Waals surface area contributed by atoms with Crippen LogP contribution < -0.4 is 26.2 Å². The summed E-state index contributed by atoms with van der Waals surface area (Å²) in [4.78, 5) is 5.45. The van der Waals surface area contributed by atoms with Gasteiger partial charge in [-0.05, 0) is 181 Å². The zero-order valence-electron chi connectivity index (χ0n) is 42.8. The van der Waals surface area contributed by atoms with Crippen molar-refractivity contribution in [1.29, 1.82) is 0 Å². The Labute approximate surface area is 406 Å².